The lowest BCUT2D eigenvalue weighted by molar-refractivity contribution is -0.128. The molecule has 1 aromatic carbocycles. The first kappa shape index (κ1) is 22.9. The predicted octanol–water partition coefficient (Wildman–Crippen LogP) is 4.30. The number of benzene rings is 1. The number of carbonyl (C=O) groups is 1. The van der Waals surface area contributed by atoms with Crippen LogP contribution in [0.5, 0.6) is 0 Å². The van der Waals surface area contributed by atoms with Gasteiger partial charge in [0.25, 0.3) is 0 Å². The molecular formula is C26H26FN5O3. The molecule has 0 aliphatic carbocycles. The summed E-state index contributed by atoms with van der Waals surface area (Å²) < 4.78 is 21.3. The number of hydrogen-bond acceptors (Lipinski definition) is 6. The fourth-order valence-corrected chi connectivity index (χ4v) is 4.30. The van der Waals surface area contributed by atoms with Crippen LogP contribution >= 0.6 is 0 Å². The van der Waals surface area contributed by atoms with E-state index in [1.54, 1.807) is 42.5 Å². The van der Waals surface area contributed by atoms with Gasteiger partial charge in [0.2, 0.25) is 11.6 Å². The van der Waals surface area contributed by atoms with E-state index < -0.39 is 5.60 Å². The van der Waals surface area contributed by atoms with Crippen molar-refractivity contribution in [2.45, 2.75) is 39.3 Å². The maximum absolute atomic E-state index is 13.6. The fraction of sp³-hybridized carbons (Fsp3) is 0.308. The fourth-order valence-electron chi connectivity index (χ4n) is 4.30. The Hall–Kier alpha value is -3.85. The molecule has 1 amide bonds. The Balaban J connectivity index is 1.60. The summed E-state index contributed by atoms with van der Waals surface area (Å²) in [5.74, 6) is 0.408. The van der Waals surface area contributed by atoms with Gasteiger partial charge < -0.3 is 14.4 Å². The van der Waals surface area contributed by atoms with E-state index in [2.05, 4.69) is 9.97 Å². The summed E-state index contributed by atoms with van der Waals surface area (Å²) in [5, 5.41) is 15.8. The third-order valence-electron chi connectivity index (χ3n) is 5.98. The molecule has 0 unspecified atom stereocenters. The van der Waals surface area contributed by atoms with E-state index in [-0.39, 0.29) is 18.3 Å². The number of aromatic nitrogens is 4. The summed E-state index contributed by atoms with van der Waals surface area (Å²) in [6.45, 7) is 6.43. The van der Waals surface area contributed by atoms with Crippen LogP contribution in [-0.2, 0) is 11.3 Å². The van der Waals surface area contributed by atoms with Crippen LogP contribution in [0.4, 0.5) is 4.39 Å². The van der Waals surface area contributed by atoms with Gasteiger partial charge in [0.1, 0.15) is 23.6 Å². The summed E-state index contributed by atoms with van der Waals surface area (Å²) in [6, 6.07) is 8.03. The molecule has 0 radical (unpaired) electrons. The molecule has 1 aliphatic rings. The average Bonchev–Trinajstić information content (AvgIpc) is 3.43. The number of carbonyl (C=O) groups excluding carboxylic acids is 1. The highest BCUT2D eigenvalue weighted by atomic mass is 19.1. The molecule has 0 fully saturated rings. The number of fused-ring (bicyclic) bond motifs is 1. The van der Waals surface area contributed by atoms with Gasteiger partial charge in [-0.05, 0) is 56.2 Å². The van der Waals surface area contributed by atoms with Crippen molar-refractivity contribution in [1.82, 2.24) is 24.6 Å². The molecule has 0 spiro atoms. The van der Waals surface area contributed by atoms with E-state index in [0.717, 1.165) is 22.1 Å². The predicted molar refractivity (Wildman–Crippen MR) is 130 cm³/mol. The number of hydrogen-bond donors (Lipinski definition) is 1. The molecule has 0 atom stereocenters. The van der Waals surface area contributed by atoms with Crippen LogP contribution in [0.1, 0.15) is 33.0 Å². The molecule has 4 aromatic rings. The average molecular weight is 476 g/mol. The normalized spacial score (nSPS) is 14.4. The zero-order chi connectivity index (χ0) is 24.7. The Kier molecular flexibility index (Phi) is 5.72. The first-order valence-corrected chi connectivity index (χ1v) is 11.4. The Bertz CT molecular complexity index is 1430. The second kappa shape index (κ2) is 8.74. The Morgan fingerprint density at radius 1 is 1.20 bits per heavy atom. The Morgan fingerprint density at radius 2 is 1.97 bits per heavy atom. The van der Waals surface area contributed by atoms with Crippen LogP contribution in [0.2, 0.25) is 0 Å². The molecule has 8 nitrogen and oxygen atoms in total. The van der Waals surface area contributed by atoms with E-state index in [1.807, 2.05) is 18.3 Å². The van der Waals surface area contributed by atoms with E-state index in [1.165, 1.54) is 18.5 Å². The van der Waals surface area contributed by atoms with Gasteiger partial charge >= 0.3 is 0 Å². The minimum absolute atomic E-state index is 0.0504. The smallest absolute Gasteiger partial charge is 0.230 e. The number of amides is 1. The number of furan rings is 1. The topological polar surface area (TPSA) is 97.3 Å². The van der Waals surface area contributed by atoms with E-state index in [9.17, 15) is 14.3 Å². The van der Waals surface area contributed by atoms with Gasteiger partial charge in [0.05, 0.1) is 23.2 Å². The summed E-state index contributed by atoms with van der Waals surface area (Å²) in [7, 11) is 0. The first-order chi connectivity index (χ1) is 16.7. The summed E-state index contributed by atoms with van der Waals surface area (Å²) in [6.07, 6.45) is 5.96. The molecular weight excluding hydrogens is 449 g/mol. The number of rotatable bonds is 5. The monoisotopic (exact) mass is 475 g/mol. The van der Waals surface area contributed by atoms with Gasteiger partial charge in [-0.2, -0.15) is 5.10 Å². The molecule has 1 N–H and O–H groups in total. The van der Waals surface area contributed by atoms with Crippen LogP contribution in [0.3, 0.4) is 0 Å². The molecule has 4 heterocycles. The molecule has 0 bridgehead atoms. The van der Waals surface area contributed by atoms with Crippen LogP contribution in [0, 0.1) is 5.82 Å². The maximum atomic E-state index is 13.6. The number of nitrogens with zero attached hydrogens (tertiary/aromatic N) is 5. The van der Waals surface area contributed by atoms with Gasteiger partial charge in [0, 0.05) is 37.3 Å². The molecule has 5 rings (SSSR count). The van der Waals surface area contributed by atoms with Crippen molar-refractivity contribution in [2.24, 2.45) is 0 Å². The van der Waals surface area contributed by atoms with E-state index in [4.69, 9.17) is 9.52 Å². The highest BCUT2D eigenvalue weighted by Crippen LogP contribution is 2.36. The lowest BCUT2D eigenvalue weighted by atomic mass is 10.0. The van der Waals surface area contributed by atoms with Crippen LogP contribution in [0.25, 0.3) is 39.2 Å². The summed E-state index contributed by atoms with van der Waals surface area (Å²) in [5.41, 5.74) is 3.18. The van der Waals surface area contributed by atoms with Gasteiger partial charge in [-0.1, -0.05) is 6.08 Å². The number of halogens is 1. The standard InChI is InChI=1S/C26H26FN5O3/c1-16(33)31-10-8-17(9-11-31)22-12-20-24(28-15-29-25(20)35-22)21-13-32(14-26(2,3)34)30-23(21)18-4-6-19(27)7-5-18/h4-8,12-13,15,34H,9-11,14H2,1-3H3. The Labute approximate surface area is 201 Å². The second-order valence-corrected chi connectivity index (χ2v) is 9.40. The van der Waals surface area contributed by atoms with Crippen LogP contribution < -0.4 is 0 Å². The van der Waals surface area contributed by atoms with Crippen molar-refractivity contribution in [2.75, 3.05) is 13.1 Å². The lowest BCUT2D eigenvalue weighted by Crippen LogP contribution is -2.32. The zero-order valence-corrected chi connectivity index (χ0v) is 19.8. The first-order valence-electron chi connectivity index (χ1n) is 11.4. The van der Waals surface area contributed by atoms with Gasteiger partial charge in [-0.3, -0.25) is 9.48 Å². The SMILES string of the molecule is CC(=O)N1CC=C(c2cc3c(-c4cn(CC(C)(C)O)nc4-c4ccc(F)cc4)ncnc3o2)CC1. The van der Waals surface area contributed by atoms with E-state index >= 15 is 0 Å². The minimum atomic E-state index is -0.978. The summed E-state index contributed by atoms with van der Waals surface area (Å²) >= 11 is 0. The number of aliphatic hydroxyl groups is 1. The molecule has 0 saturated heterocycles. The van der Waals surface area contributed by atoms with Crippen LogP contribution in [-0.4, -0.2) is 54.4 Å². The molecule has 0 saturated carbocycles. The lowest BCUT2D eigenvalue weighted by Gasteiger charge is -2.24. The van der Waals surface area contributed by atoms with Crippen molar-refractivity contribution >= 4 is 22.6 Å². The minimum Gasteiger partial charge on any atom is -0.438 e. The van der Waals surface area contributed by atoms with Crippen molar-refractivity contribution in [3.05, 3.63) is 60.5 Å². The van der Waals surface area contributed by atoms with Crippen molar-refractivity contribution in [1.29, 1.82) is 0 Å². The van der Waals surface area contributed by atoms with Gasteiger partial charge in [-0.25, -0.2) is 14.4 Å². The molecule has 1 aliphatic heterocycles. The third-order valence-corrected chi connectivity index (χ3v) is 5.98. The third kappa shape index (κ3) is 4.72. The van der Waals surface area contributed by atoms with Crippen LogP contribution in [0.15, 0.2) is 53.3 Å². The highest BCUT2D eigenvalue weighted by Gasteiger charge is 2.23. The largest absolute Gasteiger partial charge is 0.438 e. The second-order valence-electron chi connectivity index (χ2n) is 9.40. The molecule has 180 valence electrons. The summed E-state index contributed by atoms with van der Waals surface area (Å²) in [4.78, 5) is 22.3. The van der Waals surface area contributed by atoms with Crippen molar-refractivity contribution < 1.29 is 18.7 Å². The molecule has 35 heavy (non-hydrogen) atoms. The molecule has 9 heteroatoms. The Morgan fingerprint density at radius 3 is 2.63 bits per heavy atom. The van der Waals surface area contributed by atoms with Crippen molar-refractivity contribution in [3.63, 3.8) is 0 Å². The zero-order valence-electron chi connectivity index (χ0n) is 19.8. The quantitative estimate of drug-likeness (QED) is 0.462. The van der Waals surface area contributed by atoms with Gasteiger partial charge in [-0.15, -0.1) is 0 Å². The molecule has 3 aromatic heterocycles. The van der Waals surface area contributed by atoms with Gasteiger partial charge in [0.15, 0.2) is 0 Å². The maximum Gasteiger partial charge on any atom is 0.230 e. The highest BCUT2D eigenvalue weighted by molar-refractivity contribution is 5.95. The van der Waals surface area contributed by atoms with E-state index in [0.29, 0.717) is 42.4 Å². The van der Waals surface area contributed by atoms with Crippen molar-refractivity contribution in [3.8, 4) is 22.5 Å².